The Bertz CT molecular complexity index is 669. The first kappa shape index (κ1) is 18.4. The minimum atomic E-state index is 0.167. The van der Waals surface area contributed by atoms with Gasteiger partial charge in [-0.15, -0.1) is 0 Å². The molecule has 136 valence electrons. The van der Waals surface area contributed by atoms with Crippen LogP contribution in [0.1, 0.15) is 90.7 Å². The molecule has 1 aromatic rings. The molecule has 0 bridgehead atoms. The van der Waals surface area contributed by atoms with Gasteiger partial charge >= 0.3 is 0 Å². The standard InChI is InChI=1S/C24H35N/c1-18(2)23(3,4)21-11-7-6-10-20(21)22-13-12-19(17-25-22)16-24(5)14-8-9-15-24/h6-7,10-11,17-18H,8-9,12-16H2,1-5H3. The average molecular weight is 338 g/mol. The maximum Gasteiger partial charge on any atom is 0.0481 e. The fraction of sp³-hybridized carbons (Fsp3) is 0.625. The minimum Gasteiger partial charge on any atom is -0.261 e. The maximum atomic E-state index is 4.94. The summed E-state index contributed by atoms with van der Waals surface area (Å²) in [5.41, 5.74) is 6.36. The van der Waals surface area contributed by atoms with E-state index in [4.69, 9.17) is 4.99 Å². The summed E-state index contributed by atoms with van der Waals surface area (Å²) in [6.45, 7) is 11.8. The van der Waals surface area contributed by atoms with Crippen LogP contribution >= 0.6 is 0 Å². The van der Waals surface area contributed by atoms with Crippen molar-refractivity contribution in [1.29, 1.82) is 0 Å². The predicted molar refractivity (Wildman–Crippen MR) is 109 cm³/mol. The third-order valence-electron chi connectivity index (χ3n) is 6.93. The summed E-state index contributed by atoms with van der Waals surface area (Å²) in [5, 5.41) is 0. The first-order valence-corrected chi connectivity index (χ1v) is 10.2. The van der Waals surface area contributed by atoms with Gasteiger partial charge in [-0.05, 0) is 60.0 Å². The molecule has 2 aliphatic rings. The van der Waals surface area contributed by atoms with Crippen LogP contribution in [0.5, 0.6) is 0 Å². The Kier molecular flexibility index (Phi) is 5.23. The molecule has 0 N–H and O–H groups in total. The summed E-state index contributed by atoms with van der Waals surface area (Å²) in [6, 6.07) is 8.91. The molecule has 1 nitrogen and oxygen atoms in total. The molecule has 1 heteroatoms. The highest BCUT2D eigenvalue weighted by molar-refractivity contribution is 6.03. The van der Waals surface area contributed by atoms with Crippen LogP contribution in [-0.2, 0) is 5.41 Å². The van der Waals surface area contributed by atoms with Crippen molar-refractivity contribution >= 4 is 5.71 Å². The highest BCUT2D eigenvalue weighted by Crippen LogP contribution is 2.44. The minimum absolute atomic E-state index is 0.167. The molecule has 1 aliphatic carbocycles. The number of benzene rings is 1. The predicted octanol–water partition coefficient (Wildman–Crippen LogP) is 7.06. The van der Waals surface area contributed by atoms with E-state index in [-0.39, 0.29) is 5.41 Å². The Labute approximate surface area is 154 Å². The molecule has 1 aliphatic heterocycles. The largest absolute Gasteiger partial charge is 0.261 e. The van der Waals surface area contributed by atoms with Crippen molar-refractivity contribution < 1.29 is 0 Å². The summed E-state index contributed by atoms with van der Waals surface area (Å²) in [4.78, 5) is 4.94. The number of allylic oxidation sites excluding steroid dienone is 1. The van der Waals surface area contributed by atoms with Gasteiger partial charge in [0.2, 0.25) is 0 Å². The van der Waals surface area contributed by atoms with E-state index in [1.807, 2.05) is 0 Å². The number of rotatable bonds is 5. The average Bonchev–Trinajstić information content (AvgIpc) is 3.01. The summed E-state index contributed by atoms with van der Waals surface area (Å²) in [7, 11) is 0. The van der Waals surface area contributed by atoms with Gasteiger partial charge in [0.15, 0.2) is 0 Å². The van der Waals surface area contributed by atoms with E-state index in [1.165, 1.54) is 55.4 Å². The molecular formula is C24H35N. The molecule has 0 radical (unpaired) electrons. The maximum absolute atomic E-state index is 4.94. The Balaban J connectivity index is 1.84. The quantitative estimate of drug-likeness (QED) is 0.545. The van der Waals surface area contributed by atoms with Crippen LogP contribution in [0.15, 0.2) is 41.0 Å². The Morgan fingerprint density at radius 2 is 1.76 bits per heavy atom. The second-order valence-electron chi connectivity index (χ2n) is 9.48. The van der Waals surface area contributed by atoms with E-state index in [0.29, 0.717) is 11.3 Å². The first-order valence-electron chi connectivity index (χ1n) is 10.2. The van der Waals surface area contributed by atoms with E-state index in [1.54, 1.807) is 5.57 Å². The van der Waals surface area contributed by atoms with Crippen LogP contribution < -0.4 is 0 Å². The van der Waals surface area contributed by atoms with Gasteiger partial charge in [0.25, 0.3) is 0 Å². The lowest BCUT2D eigenvalue weighted by Gasteiger charge is -2.33. The van der Waals surface area contributed by atoms with Crippen molar-refractivity contribution in [3.8, 4) is 0 Å². The Morgan fingerprint density at radius 1 is 1.08 bits per heavy atom. The second-order valence-corrected chi connectivity index (χ2v) is 9.48. The molecule has 1 aromatic carbocycles. The van der Waals surface area contributed by atoms with Crippen molar-refractivity contribution in [2.75, 3.05) is 0 Å². The number of hydrogen-bond acceptors (Lipinski definition) is 1. The number of aliphatic imine (C=N–C) groups is 1. The van der Waals surface area contributed by atoms with Crippen molar-refractivity contribution in [2.24, 2.45) is 16.3 Å². The molecule has 1 fully saturated rings. The van der Waals surface area contributed by atoms with Gasteiger partial charge in [-0.25, -0.2) is 0 Å². The lowest BCUT2D eigenvalue weighted by atomic mass is 9.72. The van der Waals surface area contributed by atoms with Gasteiger partial charge < -0.3 is 0 Å². The highest BCUT2D eigenvalue weighted by atomic mass is 14.7. The van der Waals surface area contributed by atoms with Crippen molar-refractivity contribution in [2.45, 2.75) is 85.0 Å². The van der Waals surface area contributed by atoms with Crippen LogP contribution in [-0.4, -0.2) is 5.71 Å². The fourth-order valence-electron chi connectivity index (χ4n) is 4.48. The zero-order valence-electron chi connectivity index (χ0n) is 16.9. The Hall–Kier alpha value is -1.37. The normalized spacial score (nSPS) is 20.6. The molecule has 0 unspecified atom stereocenters. The van der Waals surface area contributed by atoms with E-state index >= 15 is 0 Å². The van der Waals surface area contributed by atoms with Crippen molar-refractivity contribution in [3.63, 3.8) is 0 Å². The van der Waals surface area contributed by atoms with E-state index in [9.17, 15) is 0 Å². The smallest absolute Gasteiger partial charge is 0.0481 e. The van der Waals surface area contributed by atoms with Crippen LogP contribution in [0.2, 0.25) is 0 Å². The summed E-state index contributed by atoms with van der Waals surface area (Å²) in [6.07, 6.45) is 11.3. The molecule has 0 amide bonds. The lowest BCUT2D eigenvalue weighted by molar-refractivity contribution is 0.329. The topological polar surface area (TPSA) is 12.4 Å². The second kappa shape index (κ2) is 7.09. The zero-order valence-corrected chi connectivity index (χ0v) is 16.9. The summed E-state index contributed by atoms with van der Waals surface area (Å²) >= 11 is 0. The van der Waals surface area contributed by atoms with E-state index in [2.05, 4.69) is 65.1 Å². The molecular weight excluding hydrogens is 302 g/mol. The van der Waals surface area contributed by atoms with Crippen molar-refractivity contribution in [1.82, 2.24) is 0 Å². The summed E-state index contributed by atoms with van der Waals surface area (Å²) in [5.74, 6) is 0.603. The molecule has 1 heterocycles. The van der Waals surface area contributed by atoms with Crippen LogP contribution in [0.3, 0.4) is 0 Å². The van der Waals surface area contributed by atoms with Gasteiger partial charge in [-0.2, -0.15) is 0 Å². The van der Waals surface area contributed by atoms with Gasteiger partial charge in [-0.3, -0.25) is 4.99 Å². The molecule has 0 aromatic heterocycles. The molecule has 0 atom stereocenters. The molecule has 25 heavy (non-hydrogen) atoms. The van der Waals surface area contributed by atoms with Crippen molar-refractivity contribution in [3.05, 3.63) is 47.2 Å². The fourth-order valence-corrected chi connectivity index (χ4v) is 4.48. The summed E-state index contributed by atoms with van der Waals surface area (Å²) < 4.78 is 0. The third-order valence-corrected chi connectivity index (χ3v) is 6.93. The molecule has 1 saturated carbocycles. The lowest BCUT2D eigenvalue weighted by Crippen LogP contribution is -2.27. The van der Waals surface area contributed by atoms with Gasteiger partial charge in [0, 0.05) is 11.9 Å². The van der Waals surface area contributed by atoms with Crippen LogP contribution in [0.4, 0.5) is 0 Å². The molecule has 0 spiro atoms. The molecule has 0 saturated heterocycles. The first-order chi connectivity index (χ1) is 11.8. The number of hydrogen-bond donors (Lipinski definition) is 0. The van der Waals surface area contributed by atoms with Gasteiger partial charge in [-0.1, -0.05) is 77.3 Å². The van der Waals surface area contributed by atoms with Crippen LogP contribution in [0.25, 0.3) is 0 Å². The monoisotopic (exact) mass is 337 g/mol. The third kappa shape index (κ3) is 3.91. The molecule has 3 rings (SSSR count). The highest BCUT2D eigenvalue weighted by Gasteiger charge is 2.31. The van der Waals surface area contributed by atoms with Crippen LogP contribution in [0, 0.1) is 11.3 Å². The zero-order chi connectivity index (χ0) is 18.1. The van der Waals surface area contributed by atoms with Gasteiger partial charge in [0.1, 0.15) is 0 Å². The number of nitrogens with zero attached hydrogens (tertiary/aromatic N) is 1. The van der Waals surface area contributed by atoms with E-state index in [0.717, 1.165) is 6.42 Å². The van der Waals surface area contributed by atoms with Gasteiger partial charge in [0.05, 0.1) is 0 Å². The van der Waals surface area contributed by atoms with E-state index < -0.39 is 0 Å². The SMILES string of the molecule is CC(C)C(C)(C)c1ccccc1C1=NC=C(CC2(C)CCCC2)CC1. The Morgan fingerprint density at radius 3 is 2.36 bits per heavy atom.